The quantitative estimate of drug-likeness (QED) is 0.525. The molecular weight excluding hydrogens is 388 g/mol. The van der Waals surface area contributed by atoms with Crippen LogP contribution in [0.3, 0.4) is 0 Å². The first-order valence-corrected chi connectivity index (χ1v) is 9.15. The summed E-state index contributed by atoms with van der Waals surface area (Å²) >= 11 is 0. The molecule has 0 aliphatic heterocycles. The molecule has 1 amide bonds. The van der Waals surface area contributed by atoms with Gasteiger partial charge in [-0.2, -0.15) is 15.0 Å². The monoisotopic (exact) mass is 410 g/mol. The van der Waals surface area contributed by atoms with Gasteiger partial charge >= 0.3 is 5.97 Å². The van der Waals surface area contributed by atoms with Crippen LogP contribution in [0.25, 0.3) is 0 Å². The number of carbonyl (C=O) groups is 2. The smallest absolute Gasteiger partial charge is 0.329 e. The minimum atomic E-state index is -0.933. The van der Waals surface area contributed by atoms with E-state index in [2.05, 4.69) is 20.3 Å². The number of hydrogen-bond donors (Lipinski definition) is 2. The average molecular weight is 410 g/mol. The maximum atomic E-state index is 12.7. The Labute approximate surface area is 173 Å². The van der Waals surface area contributed by atoms with Gasteiger partial charge in [0.2, 0.25) is 11.9 Å². The number of nitrogens with one attached hydrogen (secondary N) is 1. The summed E-state index contributed by atoms with van der Waals surface area (Å²) < 4.78 is 10.5. The van der Waals surface area contributed by atoms with Crippen LogP contribution in [0.1, 0.15) is 21.9 Å². The predicted molar refractivity (Wildman–Crippen MR) is 108 cm³/mol. The van der Waals surface area contributed by atoms with Crippen molar-refractivity contribution in [3.8, 4) is 0 Å². The van der Waals surface area contributed by atoms with Crippen LogP contribution in [0.4, 0.5) is 11.9 Å². The minimum Gasteiger partial charge on any atom is -0.459 e. The third-order valence-electron chi connectivity index (χ3n) is 4.05. The van der Waals surface area contributed by atoms with Crippen LogP contribution < -0.4 is 16.0 Å². The molecule has 3 N–H and O–H groups in total. The Kier molecular flexibility index (Phi) is 6.58. The van der Waals surface area contributed by atoms with Crippen molar-refractivity contribution in [2.24, 2.45) is 0 Å². The molecule has 30 heavy (non-hydrogen) atoms. The summed E-state index contributed by atoms with van der Waals surface area (Å²) in [6.07, 6.45) is 1.63. The van der Waals surface area contributed by atoms with E-state index in [0.29, 0.717) is 5.95 Å². The van der Waals surface area contributed by atoms with Crippen molar-refractivity contribution in [3.63, 3.8) is 0 Å². The van der Waals surface area contributed by atoms with Crippen LogP contribution in [0, 0.1) is 0 Å². The average Bonchev–Trinajstić information content (AvgIpc) is 3.27. The number of anilines is 2. The molecule has 156 valence electrons. The number of benzene rings is 1. The maximum Gasteiger partial charge on any atom is 0.329 e. The highest BCUT2D eigenvalue weighted by Gasteiger charge is 2.25. The summed E-state index contributed by atoms with van der Waals surface area (Å²) in [6, 6.07) is 11.4. The zero-order valence-corrected chi connectivity index (χ0v) is 16.6. The van der Waals surface area contributed by atoms with Gasteiger partial charge in [-0.25, -0.2) is 4.79 Å². The highest BCUT2D eigenvalue weighted by Crippen LogP contribution is 2.10. The fraction of sp³-hybridized carbons (Fsp3) is 0.250. The first-order chi connectivity index (χ1) is 14.4. The van der Waals surface area contributed by atoms with Gasteiger partial charge in [-0.15, -0.1) is 0 Å². The van der Waals surface area contributed by atoms with Crippen molar-refractivity contribution >= 4 is 23.8 Å². The first-order valence-electron chi connectivity index (χ1n) is 9.15. The number of amides is 1. The molecule has 0 saturated heterocycles. The van der Waals surface area contributed by atoms with Crippen molar-refractivity contribution in [2.45, 2.75) is 19.1 Å². The Morgan fingerprint density at radius 3 is 2.57 bits per heavy atom. The van der Waals surface area contributed by atoms with Gasteiger partial charge < -0.3 is 25.1 Å². The van der Waals surface area contributed by atoms with Crippen molar-refractivity contribution < 1.29 is 18.7 Å². The van der Waals surface area contributed by atoms with Gasteiger partial charge in [0.25, 0.3) is 5.91 Å². The van der Waals surface area contributed by atoms with E-state index in [1.807, 2.05) is 30.3 Å². The fourth-order valence-electron chi connectivity index (χ4n) is 2.61. The van der Waals surface area contributed by atoms with Gasteiger partial charge in [0, 0.05) is 20.5 Å². The second kappa shape index (κ2) is 9.50. The number of nitrogens with zero attached hydrogens (tertiary/aromatic N) is 4. The maximum absolute atomic E-state index is 12.7. The van der Waals surface area contributed by atoms with Crippen LogP contribution in [0.2, 0.25) is 0 Å². The molecule has 1 aromatic carbocycles. The van der Waals surface area contributed by atoms with E-state index in [-0.39, 0.29) is 30.6 Å². The van der Waals surface area contributed by atoms with Gasteiger partial charge in [0.05, 0.1) is 6.26 Å². The van der Waals surface area contributed by atoms with Crippen LogP contribution in [-0.4, -0.2) is 47.0 Å². The summed E-state index contributed by atoms with van der Waals surface area (Å²) in [7, 11) is 3.51. The van der Waals surface area contributed by atoms with E-state index in [1.165, 1.54) is 12.3 Å². The number of rotatable bonds is 8. The molecule has 10 heteroatoms. The Hall–Kier alpha value is -3.95. The molecule has 0 aliphatic rings. The molecule has 0 aliphatic carbocycles. The first kappa shape index (κ1) is 20.8. The minimum absolute atomic E-state index is 0.0201. The summed E-state index contributed by atoms with van der Waals surface area (Å²) in [4.78, 5) is 39.0. The molecule has 3 aromatic rings. The lowest BCUT2D eigenvalue weighted by atomic mass is 10.1. The van der Waals surface area contributed by atoms with Crippen molar-refractivity contribution in [1.29, 1.82) is 0 Å². The third kappa shape index (κ3) is 5.53. The lowest BCUT2D eigenvalue weighted by Crippen LogP contribution is -2.43. The molecule has 0 fully saturated rings. The van der Waals surface area contributed by atoms with Gasteiger partial charge in [-0.05, 0) is 17.7 Å². The van der Waals surface area contributed by atoms with Crippen LogP contribution in [0.5, 0.6) is 0 Å². The standard InChI is InChI=1S/C20H22N6O4/c1-26(2)20-24-16(23-19(21)25-20)12-30-18(28)14(11-13-7-4-3-5-8-13)22-17(27)15-9-6-10-29-15/h3-10,14H,11-12H2,1-2H3,(H,22,27)(H2,21,23,24,25)/t14-/m0/s1. The highest BCUT2D eigenvalue weighted by atomic mass is 16.5. The largest absolute Gasteiger partial charge is 0.459 e. The number of nitrogens with two attached hydrogens (primary N) is 1. The molecule has 3 rings (SSSR count). The molecule has 0 unspecified atom stereocenters. The highest BCUT2D eigenvalue weighted by molar-refractivity contribution is 5.94. The van der Waals surface area contributed by atoms with Crippen molar-refractivity contribution in [1.82, 2.24) is 20.3 Å². The predicted octanol–water partition coefficient (Wildman–Crippen LogP) is 1.20. The Bertz CT molecular complexity index is 992. The second-order valence-corrected chi connectivity index (χ2v) is 6.61. The molecule has 0 spiro atoms. The molecule has 2 heterocycles. The summed E-state index contributed by atoms with van der Waals surface area (Å²) in [5.41, 5.74) is 6.55. The van der Waals surface area contributed by atoms with Crippen LogP contribution >= 0.6 is 0 Å². The number of carbonyl (C=O) groups excluding carboxylic acids is 2. The molecule has 1 atom stereocenters. The zero-order chi connectivity index (χ0) is 21.5. The summed E-state index contributed by atoms with van der Waals surface area (Å²) in [6.45, 7) is -0.214. The normalized spacial score (nSPS) is 11.5. The second-order valence-electron chi connectivity index (χ2n) is 6.61. The molecule has 0 saturated carbocycles. The van der Waals surface area contributed by atoms with E-state index in [4.69, 9.17) is 14.9 Å². The Balaban J connectivity index is 1.72. The number of aromatic nitrogens is 3. The van der Waals surface area contributed by atoms with Gasteiger partial charge in [-0.3, -0.25) is 4.79 Å². The van der Waals surface area contributed by atoms with E-state index >= 15 is 0 Å². The van der Waals surface area contributed by atoms with Crippen LogP contribution in [-0.2, 0) is 22.6 Å². The van der Waals surface area contributed by atoms with Crippen molar-refractivity contribution in [3.05, 3.63) is 65.9 Å². The number of hydrogen-bond acceptors (Lipinski definition) is 9. The van der Waals surface area contributed by atoms with Gasteiger partial charge in [0.1, 0.15) is 6.04 Å². The number of ether oxygens (including phenoxy) is 1. The van der Waals surface area contributed by atoms with Crippen molar-refractivity contribution in [2.75, 3.05) is 24.7 Å². The molecule has 0 radical (unpaired) electrons. The van der Waals surface area contributed by atoms with Gasteiger partial charge in [-0.1, -0.05) is 30.3 Å². The third-order valence-corrected chi connectivity index (χ3v) is 4.05. The Morgan fingerprint density at radius 2 is 1.90 bits per heavy atom. The molecule has 0 bridgehead atoms. The van der Waals surface area contributed by atoms with E-state index in [9.17, 15) is 9.59 Å². The fourth-order valence-corrected chi connectivity index (χ4v) is 2.61. The SMILES string of the molecule is CN(C)c1nc(N)nc(COC(=O)[C@H](Cc2ccccc2)NC(=O)c2ccco2)n1. The van der Waals surface area contributed by atoms with E-state index < -0.39 is 17.9 Å². The van der Waals surface area contributed by atoms with Gasteiger partial charge in [0.15, 0.2) is 18.2 Å². The molecule has 10 nitrogen and oxygen atoms in total. The summed E-state index contributed by atoms with van der Waals surface area (Å²) in [5, 5.41) is 2.65. The molecular formula is C20H22N6O4. The van der Waals surface area contributed by atoms with Crippen LogP contribution in [0.15, 0.2) is 53.1 Å². The number of furan rings is 1. The van der Waals surface area contributed by atoms with E-state index in [0.717, 1.165) is 5.56 Å². The number of esters is 1. The Morgan fingerprint density at radius 1 is 1.13 bits per heavy atom. The topological polar surface area (TPSA) is 136 Å². The van der Waals surface area contributed by atoms with E-state index in [1.54, 1.807) is 25.1 Å². The lowest BCUT2D eigenvalue weighted by molar-refractivity contribution is -0.147. The summed E-state index contributed by atoms with van der Waals surface area (Å²) in [5.74, 6) is -0.481. The molecule has 2 aromatic heterocycles. The zero-order valence-electron chi connectivity index (χ0n) is 16.6. The number of nitrogen functional groups attached to an aromatic ring is 1. The lowest BCUT2D eigenvalue weighted by Gasteiger charge is -2.17.